The van der Waals surface area contributed by atoms with Gasteiger partial charge in [0.05, 0.1) is 6.10 Å². The first-order valence-electron chi connectivity index (χ1n) is 5.24. The van der Waals surface area contributed by atoms with Crippen LogP contribution in [-0.4, -0.2) is 40.1 Å². The van der Waals surface area contributed by atoms with Crippen LogP contribution in [0.3, 0.4) is 0 Å². The molecule has 0 spiro atoms. The van der Waals surface area contributed by atoms with E-state index in [1.54, 1.807) is 6.92 Å². The van der Waals surface area contributed by atoms with Crippen molar-refractivity contribution in [1.82, 2.24) is 9.88 Å². The first-order valence-corrected chi connectivity index (χ1v) is 5.24. The molecule has 2 rings (SSSR count). The zero-order chi connectivity index (χ0) is 11.7. The largest absolute Gasteiger partial charge is 0.391 e. The minimum Gasteiger partial charge on any atom is -0.391 e. The normalized spacial score (nSPS) is 20.1. The van der Waals surface area contributed by atoms with Crippen LogP contribution in [0.4, 0.5) is 0 Å². The van der Waals surface area contributed by atoms with Crippen molar-refractivity contribution in [2.75, 3.05) is 13.1 Å². The summed E-state index contributed by atoms with van der Waals surface area (Å²) >= 11 is 0. The highest BCUT2D eigenvalue weighted by Gasteiger charge is 2.26. The van der Waals surface area contributed by atoms with Gasteiger partial charge in [-0.3, -0.25) is 9.59 Å². The van der Waals surface area contributed by atoms with E-state index in [4.69, 9.17) is 0 Å². The van der Waals surface area contributed by atoms with Crippen molar-refractivity contribution in [2.24, 2.45) is 0 Å². The molecule has 16 heavy (non-hydrogen) atoms. The Morgan fingerprint density at radius 2 is 2.38 bits per heavy atom. The fourth-order valence-corrected chi connectivity index (χ4v) is 1.84. The van der Waals surface area contributed by atoms with Crippen molar-refractivity contribution >= 4 is 5.91 Å². The van der Waals surface area contributed by atoms with E-state index < -0.39 is 6.10 Å². The minimum absolute atomic E-state index is 0.139. The van der Waals surface area contributed by atoms with Gasteiger partial charge in [-0.05, 0) is 13.3 Å². The lowest BCUT2D eigenvalue weighted by atomic mass is 10.2. The SMILES string of the molecule is Cc1cc(=O)c(C(=O)N2CCC(O)C2)c[nH]1. The average Bonchev–Trinajstić information content (AvgIpc) is 2.64. The quantitative estimate of drug-likeness (QED) is 0.696. The summed E-state index contributed by atoms with van der Waals surface area (Å²) in [6.07, 6.45) is 1.55. The number of hydrogen-bond acceptors (Lipinski definition) is 3. The molecule has 1 unspecified atom stereocenters. The smallest absolute Gasteiger partial charge is 0.259 e. The second-order valence-corrected chi connectivity index (χ2v) is 4.09. The number of aliphatic hydroxyl groups is 1. The molecule has 1 aliphatic rings. The van der Waals surface area contributed by atoms with E-state index in [-0.39, 0.29) is 16.9 Å². The third-order valence-electron chi connectivity index (χ3n) is 2.74. The van der Waals surface area contributed by atoms with E-state index in [0.29, 0.717) is 19.5 Å². The lowest BCUT2D eigenvalue weighted by Crippen LogP contribution is -2.33. The van der Waals surface area contributed by atoms with Crippen LogP contribution in [0.25, 0.3) is 0 Å². The number of aliphatic hydroxyl groups excluding tert-OH is 1. The molecule has 1 aromatic heterocycles. The molecule has 0 saturated carbocycles. The highest BCUT2D eigenvalue weighted by Crippen LogP contribution is 2.11. The molecule has 1 aliphatic heterocycles. The van der Waals surface area contributed by atoms with Crippen LogP contribution in [0.1, 0.15) is 22.5 Å². The van der Waals surface area contributed by atoms with Crippen LogP contribution in [-0.2, 0) is 0 Å². The van der Waals surface area contributed by atoms with Gasteiger partial charge in [-0.1, -0.05) is 0 Å². The fourth-order valence-electron chi connectivity index (χ4n) is 1.84. The van der Waals surface area contributed by atoms with Crippen molar-refractivity contribution in [3.8, 4) is 0 Å². The van der Waals surface area contributed by atoms with Gasteiger partial charge in [0.15, 0.2) is 5.43 Å². The van der Waals surface area contributed by atoms with Gasteiger partial charge in [-0.15, -0.1) is 0 Å². The molecule has 5 heteroatoms. The van der Waals surface area contributed by atoms with E-state index in [9.17, 15) is 14.7 Å². The molecule has 2 N–H and O–H groups in total. The molecule has 0 radical (unpaired) electrons. The summed E-state index contributed by atoms with van der Waals surface area (Å²) in [4.78, 5) is 27.9. The first-order chi connectivity index (χ1) is 7.58. The molecular formula is C11H14N2O3. The van der Waals surface area contributed by atoms with Crippen LogP contribution < -0.4 is 5.43 Å². The fraction of sp³-hybridized carbons (Fsp3) is 0.455. The maximum Gasteiger partial charge on any atom is 0.259 e. The number of nitrogens with one attached hydrogen (secondary N) is 1. The predicted molar refractivity (Wildman–Crippen MR) is 58.3 cm³/mol. The van der Waals surface area contributed by atoms with E-state index >= 15 is 0 Å². The van der Waals surface area contributed by atoms with Gasteiger partial charge in [0.2, 0.25) is 0 Å². The average molecular weight is 222 g/mol. The Bertz CT molecular complexity index is 467. The summed E-state index contributed by atoms with van der Waals surface area (Å²) in [6.45, 7) is 2.58. The Balaban J connectivity index is 2.24. The molecule has 1 atom stereocenters. The monoisotopic (exact) mass is 222 g/mol. The molecule has 1 saturated heterocycles. The Morgan fingerprint density at radius 1 is 1.62 bits per heavy atom. The van der Waals surface area contributed by atoms with Crippen LogP contribution in [0.2, 0.25) is 0 Å². The summed E-state index contributed by atoms with van der Waals surface area (Å²) in [5.41, 5.74) is 0.588. The molecule has 1 amide bonds. The number of carbonyl (C=O) groups is 1. The van der Waals surface area contributed by atoms with E-state index in [1.807, 2.05) is 0 Å². The summed E-state index contributed by atoms with van der Waals surface area (Å²) in [7, 11) is 0. The Kier molecular flexibility index (Phi) is 2.78. The van der Waals surface area contributed by atoms with Crippen molar-refractivity contribution < 1.29 is 9.90 Å². The van der Waals surface area contributed by atoms with Crippen molar-refractivity contribution in [2.45, 2.75) is 19.4 Å². The Labute approximate surface area is 92.7 Å². The number of likely N-dealkylation sites (tertiary alicyclic amines) is 1. The second kappa shape index (κ2) is 4.09. The predicted octanol–water partition coefficient (Wildman–Crippen LogP) is -0.110. The number of carbonyl (C=O) groups excluding carboxylic acids is 1. The number of nitrogens with zero attached hydrogens (tertiary/aromatic N) is 1. The maximum atomic E-state index is 11.9. The van der Waals surface area contributed by atoms with Gasteiger partial charge < -0.3 is 15.0 Å². The van der Waals surface area contributed by atoms with Gasteiger partial charge in [-0.25, -0.2) is 0 Å². The van der Waals surface area contributed by atoms with Crippen molar-refractivity contribution in [3.05, 3.63) is 33.7 Å². The highest BCUT2D eigenvalue weighted by molar-refractivity contribution is 5.94. The topological polar surface area (TPSA) is 73.4 Å². The number of aryl methyl sites for hydroxylation is 1. The van der Waals surface area contributed by atoms with E-state index in [2.05, 4.69) is 4.98 Å². The molecule has 2 heterocycles. The maximum absolute atomic E-state index is 11.9. The van der Waals surface area contributed by atoms with Gasteiger partial charge in [0.1, 0.15) is 5.56 Å². The van der Waals surface area contributed by atoms with Crippen molar-refractivity contribution in [3.63, 3.8) is 0 Å². The van der Waals surface area contributed by atoms with Gasteiger partial charge in [0.25, 0.3) is 5.91 Å². The summed E-state index contributed by atoms with van der Waals surface area (Å²) in [5, 5.41) is 9.33. The minimum atomic E-state index is -0.464. The number of hydrogen-bond donors (Lipinski definition) is 2. The molecule has 0 bridgehead atoms. The van der Waals surface area contributed by atoms with Crippen LogP contribution in [0.15, 0.2) is 17.1 Å². The van der Waals surface area contributed by atoms with E-state index in [1.165, 1.54) is 17.2 Å². The second-order valence-electron chi connectivity index (χ2n) is 4.09. The van der Waals surface area contributed by atoms with Gasteiger partial charge in [-0.2, -0.15) is 0 Å². The molecule has 1 aromatic rings. The molecular weight excluding hydrogens is 208 g/mol. The summed E-state index contributed by atoms with van der Waals surface area (Å²) < 4.78 is 0. The zero-order valence-corrected chi connectivity index (χ0v) is 9.06. The number of rotatable bonds is 1. The first kappa shape index (κ1) is 10.9. The third kappa shape index (κ3) is 1.99. The number of aromatic amines is 1. The lowest BCUT2D eigenvalue weighted by molar-refractivity contribution is 0.0763. The molecule has 0 aromatic carbocycles. The molecule has 5 nitrogen and oxygen atoms in total. The van der Waals surface area contributed by atoms with E-state index in [0.717, 1.165) is 5.69 Å². The molecule has 0 aliphatic carbocycles. The third-order valence-corrected chi connectivity index (χ3v) is 2.74. The van der Waals surface area contributed by atoms with Crippen LogP contribution in [0.5, 0.6) is 0 Å². The highest BCUT2D eigenvalue weighted by atomic mass is 16.3. The lowest BCUT2D eigenvalue weighted by Gasteiger charge is -2.14. The Morgan fingerprint density at radius 3 is 2.94 bits per heavy atom. The zero-order valence-electron chi connectivity index (χ0n) is 9.06. The van der Waals surface area contributed by atoms with Crippen molar-refractivity contribution in [1.29, 1.82) is 0 Å². The summed E-state index contributed by atoms with van der Waals surface area (Å²) in [5.74, 6) is -0.308. The van der Waals surface area contributed by atoms with Gasteiger partial charge >= 0.3 is 0 Å². The summed E-state index contributed by atoms with van der Waals surface area (Å²) in [6, 6.07) is 1.40. The van der Waals surface area contributed by atoms with Gasteiger partial charge in [0, 0.05) is 31.0 Å². The van der Waals surface area contributed by atoms with Crippen LogP contribution >= 0.6 is 0 Å². The standard InChI is InChI=1S/C11H14N2O3/c1-7-4-10(15)9(5-12-7)11(16)13-3-2-8(14)6-13/h4-5,8,14H,2-3,6H2,1H3,(H,12,15). The Hall–Kier alpha value is -1.62. The van der Waals surface area contributed by atoms with Crippen LogP contribution in [0, 0.1) is 6.92 Å². The number of aromatic nitrogens is 1. The number of pyridine rings is 1. The number of β-amino-alcohol motifs (C(OH)–C–C–N with tert-alkyl or cyclic N) is 1. The number of amides is 1. The molecule has 1 fully saturated rings. The number of H-pyrrole nitrogens is 1. The molecule has 86 valence electrons.